The summed E-state index contributed by atoms with van der Waals surface area (Å²) in [4.78, 5) is 32.0. The molecule has 7 nitrogen and oxygen atoms in total. The third-order valence-corrected chi connectivity index (χ3v) is 4.19. The van der Waals surface area contributed by atoms with Crippen LogP contribution in [-0.4, -0.2) is 21.8 Å². The van der Waals surface area contributed by atoms with E-state index in [9.17, 15) is 9.59 Å². The Bertz CT molecular complexity index is 1030. The summed E-state index contributed by atoms with van der Waals surface area (Å²) in [7, 11) is 0. The average molecular weight is 390 g/mol. The normalized spacial score (nSPS) is 10.3. The fourth-order valence-corrected chi connectivity index (χ4v) is 2.78. The van der Waals surface area contributed by atoms with E-state index in [-0.39, 0.29) is 5.91 Å². The molecule has 1 aromatic heterocycles. The molecule has 3 aromatic rings. The number of benzene rings is 2. The molecule has 0 unspecified atom stereocenters. The van der Waals surface area contributed by atoms with Gasteiger partial charge in [-0.1, -0.05) is 13.0 Å². The molecule has 0 spiro atoms. The van der Waals surface area contributed by atoms with Crippen LogP contribution < -0.4 is 15.4 Å². The first kappa shape index (κ1) is 20.0. The van der Waals surface area contributed by atoms with Crippen molar-refractivity contribution in [1.29, 1.82) is 0 Å². The summed E-state index contributed by atoms with van der Waals surface area (Å²) in [6, 6.07) is 14.0. The summed E-state index contributed by atoms with van der Waals surface area (Å²) in [5.74, 6) is 0.428. The fourth-order valence-electron chi connectivity index (χ4n) is 2.78. The summed E-state index contributed by atoms with van der Waals surface area (Å²) in [5.41, 5.74) is 3.86. The topological polar surface area (TPSA) is 93.2 Å². The van der Waals surface area contributed by atoms with Crippen LogP contribution in [0.1, 0.15) is 35.5 Å². The van der Waals surface area contributed by atoms with Crippen molar-refractivity contribution in [3.63, 3.8) is 0 Å². The number of esters is 1. The second-order valence-corrected chi connectivity index (χ2v) is 6.47. The Balaban J connectivity index is 1.78. The van der Waals surface area contributed by atoms with Crippen LogP contribution >= 0.6 is 0 Å². The first-order chi connectivity index (χ1) is 13.9. The van der Waals surface area contributed by atoms with Gasteiger partial charge in [0.05, 0.1) is 0 Å². The third-order valence-electron chi connectivity index (χ3n) is 4.19. The highest BCUT2D eigenvalue weighted by Crippen LogP contribution is 2.25. The zero-order valence-corrected chi connectivity index (χ0v) is 16.5. The summed E-state index contributed by atoms with van der Waals surface area (Å²) in [5, 5.41) is 6.18. The highest BCUT2D eigenvalue weighted by Gasteiger charge is 2.11. The Labute approximate surface area is 169 Å². The Morgan fingerprint density at radius 1 is 1.03 bits per heavy atom. The lowest BCUT2D eigenvalue weighted by molar-refractivity contribution is -0.131. The maximum atomic E-state index is 12.7. The predicted octanol–water partition coefficient (Wildman–Crippen LogP) is 4.27. The molecular weight excluding hydrogens is 368 g/mol. The van der Waals surface area contributed by atoms with E-state index in [4.69, 9.17) is 4.74 Å². The number of carbonyl (C=O) groups excluding carboxylic acids is 2. The number of amides is 1. The van der Waals surface area contributed by atoms with Gasteiger partial charge >= 0.3 is 5.97 Å². The number of anilines is 3. The van der Waals surface area contributed by atoms with E-state index in [0.717, 1.165) is 29.1 Å². The number of nitrogens with one attached hydrogen (secondary N) is 2. The van der Waals surface area contributed by atoms with E-state index in [1.54, 1.807) is 24.3 Å². The molecule has 29 heavy (non-hydrogen) atoms. The van der Waals surface area contributed by atoms with Crippen molar-refractivity contribution in [2.75, 3.05) is 10.6 Å². The van der Waals surface area contributed by atoms with Crippen LogP contribution in [0.15, 0.2) is 54.9 Å². The van der Waals surface area contributed by atoms with E-state index >= 15 is 0 Å². The number of carbonyl (C=O) groups is 2. The van der Waals surface area contributed by atoms with E-state index < -0.39 is 5.97 Å². The number of ether oxygens (including phenoxy) is 1. The van der Waals surface area contributed by atoms with Gasteiger partial charge in [0, 0.05) is 35.6 Å². The number of aromatic nitrogens is 2. The van der Waals surface area contributed by atoms with Crippen molar-refractivity contribution in [1.82, 2.24) is 9.97 Å². The van der Waals surface area contributed by atoms with E-state index in [0.29, 0.717) is 17.1 Å². The Morgan fingerprint density at radius 2 is 1.79 bits per heavy atom. The van der Waals surface area contributed by atoms with Crippen LogP contribution in [-0.2, 0) is 11.2 Å². The van der Waals surface area contributed by atoms with Gasteiger partial charge in [-0.25, -0.2) is 9.97 Å². The lowest BCUT2D eigenvalue weighted by Gasteiger charge is -2.13. The van der Waals surface area contributed by atoms with Gasteiger partial charge in [0.25, 0.3) is 5.91 Å². The van der Waals surface area contributed by atoms with Gasteiger partial charge in [-0.3, -0.25) is 9.59 Å². The number of hydrogen-bond donors (Lipinski definition) is 2. The summed E-state index contributed by atoms with van der Waals surface area (Å²) in [6.07, 6.45) is 2.27. The van der Waals surface area contributed by atoms with Crippen LogP contribution in [0.5, 0.6) is 5.75 Å². The maximum absolute atomic E-state index is 12.7. The zero-order valence-electron chi connectivity index (χ0n) is 16.5. The van der Waals surface area contributed by atoms with Crippen LogP contribution in [0.25, 0.3) is 0 Å². The molecule has 1 amide bonds. The van der Waals surface area contributed by atoms with Gasteiger partial charge in [0.15, 0.2) is 0 Å². The van der Waals surface area contributed by atoms with Crippen LogP contribution in [0.3, 0.4) is 0 Å². The molecule has 2 aromatic carbocycles. The molecule has 0 bridgehead atoms. The quantitative estimate of drug-likeness (QED) is 0.482. The maximum Gasteiger partial charge on any atom is 0.308 e. The standard InChI is InChI=1S/C22H22N4O3/c1-4-16-5-8-18(25-21-11-14(2)23-13-24-21)12-20(16)26-22(28)17-6-9-19(10-7-17)29-15(3)27/h5-13H,4H2,1-3H3,(H,26,28)(H,23,24,25). The highest BCUT2D eigenvalue weighted by atomic mass is 16.5. The van der Waals surface area contributed by atoms with Gasteiger partial charge in [0.1, 0.15) is 17.9 Å². The molecule has 0 radical (unpaired) electrons. The molecule has 0 aliphatic heterocycles. The minimum Gasteiger partial charge on any atom is -0.427 e. The van der Waals surface area contributed by atoms with Gasteiger partial charge in [0.2, 0.25) is 0 Å². The summed E-state index contributed by atoms with van der Waals surface area (Å²) >= 11 is 0. The smallest absolute Gasteiger partial charge is 0.308 e. The van der Waals surface area contributed by atoms with Crippen molar-refractivity contribution >= 4 is 29.1 Å². The first-order valence-corrected chi connectivity index (χ1v) is 9.23. The predicted molar refractivity (Wildman–Crippen MR) is 112 cm³/mol. The van der Waals surface area contributed by atoms with Gasteiger partial charge in [-0.05, 0) is 55.3 Å². The molecule has 0 saturated heterocycles. The Morgan fingerprint density at radius 3 is 2.45 bits per heavy atom. The second kappa shape index (κ2) is 8.97. The van der Waals surface area contributed by atoms with E-state index in [1.807, 2.05) is 38.1 Å². The van der Waals surface area contributed by atoms with Crippen LogP contribution in [0.4, 0.5) is 17.2 Å². The number of aryl methyl sites for hydroxylation is 2. The van der Waals surface area contributed by atoms with Crippen LogP contribution in [0, 0.1) is 6.92 Å². The van der Waals surface area contributed by atoms with Crippen LogP contribution in [0.2, 0.25) is 0 Å². The largest absolute Gasteiger partial charge is 0.427 e. The Hall–Kier alpha value is -3.74. The molecule has 1 heterocycles. The minimum atomic E-state index is -0.405. The molecular formula is C22H22N4O3. The van der Waals surface area contributed by atoms with Crippen molar-refractivity contribution in [3.05, 3.63) is 71.7 Å². The fraction of sp³-hybridized carbons (Fsp3) is 0.182. The lowest BCUT2D eigenvalue weighted by Crippen LogP contribution is -2.13. The number of rotatable bonds is 6. The first-order valence-electron chi connectivity index (χ1n) is 9.23. The molecule has 0 atom stereocenters. The average Bonchev–Trinajstić information content (AvgIpc) is 2.68. The van der Waals surface area contributed by atoms with Crippen molar-refractivity contribution < 1.29 is 14.3 Å². The van der Waals surface area contributed by atoms with Gasteiger partial charge in [-0.15, -0.1) is 0 Å². The summed E-state index contributed by atoms with van der Waals surface area (Å²) < 4.78 is 5.00. The van der Waals surface area contributed by atoms with Gasteiger partial charge in [-0.2, -0.15) is 0 Å². The Kier molecular flexibility index (Phi) is 6.19. The number of hydrogen-bond acceptors (Lipinski definition) is 6. The number of nitrogens with zero attached hydrogens (tertiary/aromatic N) is 2. The SMILES string of the molecule is CCc1ccc(Nc2cc(C)ncn2)cc1NC(=O)c1ccc(OC(C)=O)cc1. The second-order valence-electron chi connectivity index (χ2n) is 6.47. The van der Waals surface area contributed by atoms with E-state index in [1.165, 1.54) is 13.3 Å². The zero-order chi connectivity index (χ0) is 20.8. The minimum absolute atomic E-state index is 0.246. The summed E-state index contributed by atoms with van der Waals surface area (Å²) in [6.45, 7) is 5.25. The monoisotopic (exact) mass is 390 g/mol. The third kappa shape index (κ3) is 5.38. The molecule has 2 N–H and O–H groups in total. The van der Waals surface area contributed by atoms with Crippen molar-refractivity contribution in [3.8, 4) is 5.75 Å². The molecule has 3 rings (SSSR count). The molecule has 7 heteroatoms. The molecule has 0 aliphatic rings. The molecule has 0 fully saturated rings. The van der Waals surface area contributed by atoms with Gasteiger partial charge < -0.3 is 15.4 Å². The molecule has 0 aliphatic carbocycles. The molecule has 148 valence electrons. The van der Waals surface area contributed by atoms with E-state index in [2.05, 4.69) is 20.6 Å². The van der Waals surface area contributed by atoms with Crippen molar-refractivity contribution in [2.45, 2.75) is 27.2 Å². The molecule has 0 saturated carbocycles. The highest BCUT2D eigenvalue weighted by molar-refractivity contribution is 6.05. The lowest BCUT2D eigenvalue weighted by atomic mass is 10.1. The van der Waals surface area contributed by atoms with Crippen molar-refractivity contribution in [2.24, 2.45) is 0 Å².